The summed E-state index contributed by atoms with van der Waals surface area (Å²) < 4.78 is 6.81. The van der Waals surface area contributed by atoms with Crippen LogP contribution in [0, 0.1) is 0 Å². The zero-order valence-electron chi connectivity index (χ0n) is 21.9. The van der Waals surface area contributed by atoms with E-state index in [2.05, 4.69) is 86.0 Å². The Morgan fingerprint density at radius 3 is 2.26 bits per heavy atom. The summed E-state index contributed by atoms with van der Waals surface area (Å²) in [5, 5.41) is 5.47. The first-order chi connectivity index (χ1) is 19.1. The minimum absolute atomic E-state index is 0.344. The maximum Gasteiger partial charge on any atom is 0.330 e. The van der Waals surface area contributed by atoms with Gasteiger partial charge in [-0.1, -0.05) is 61.5 Å². The Balaban J connectivity index is 1.60. The fourth-order valence-corrected chi connectivity index (χ4v) is 4.98. The van der Waals surface area contributed by atoms with E-state index in [1.807, 2.05) is 30.7 Å². The van der Waals surface area contributed by atoms with Crippen molar-refractivity contribution in [2.75, 3.05) is 6.61 Å². The zero-order valence-corrected chi connectivity index (χ0v) is 23.1. The molecule has 2 heterocycles. The summed E-state index contributed by atoms with van der Waals surface area (Å²) in [5.74, 6) is -0.344. The van der Waals surface area contributed by atoms with E-state index in [-0.39, 0.29) is 5.97 Å². The van der Waals surface area contributed by atoms with Gasteiger partial charge in [-0.05, 0) is 79.9 Å². The van der Waals surface area contributed by atoms with Crippen LogP contribution in [0.5, 0.6) is 0 Å². The third kappa shape index (κ3) is 5.87. The molecule has 0 amide bonds. The van der Waals surface area contributed by atoms with E-state index in [0.29, 0.717) is 6.61 Å². The van der Waals surface area contributed by atoms with Gasteiger partial charge in [-0.25, -0.2) is 14.8 Å². The number of hydrogen-bond donors (Lipinski definition) is 0. The lowest BCUT2D eigenvalue weighted by Gasteiger charge is -2.17. The molecule has 0 N–H and O–H groups in total. The van der Waals surface area contributed by atoms with E-state index in [0.717, 1.165) is 56.3 Å². The number of ether oxygens (including phenoxy) is 1. The Kier molecular flexibility index (Phi) is 8.04. The second kappa shape index (κ2) is 12.0. The van der Waals surface area contributed by atoms with Crippen LogP contribution in [0.4, 0.5) is 0 Å². The number of nitrogens with zero attached hydrogens (tertiary/aromatic N) is 4. The number of carbonyl (C=O) groups is 1. The van der Waals surface area contributed by atoms with Crippen molar-refractivity contribution < 1.29 is 9.53 Å². The highest BCUT2D eigenvalue weighted by molar-refractivity contribution is 7.14. The summed E-state index contributed by atoms with van der Waals surface area (Å²) in [6, 6.07) is 23.3. The molecule has 7 heteroatoms. The maximum atomic E-state index is 11.8. The summed E-state index contributed by atoms with van der Waals surface area (Å²) in [6.07, 6.45) is 11.1. The molecule has 0 aliphatic heterocycles. The lowest BCUT2D eigenvalue weighted by molar-refractivity contribution is -0.137. The standard InChI is InChI=1S/C32H29N4O2P/c1-3-29(24-12-10-23(11-13-24)28-18-33-21-34-19-28)32(26-14-15-30-27(17-26)20-35-36(30)39)25-8-5-22(6-9-25)7-16-31(37)38-4-2/h5-21H,3-4,39H2,1-2H3/b16-7+,32-29+. The summed E-state index contributed by atoms with van der Waals surface area (Å²) in [5.41, 5.74) is 9.80. The second-order valence-corrected chi connectivity index (χ2v) is 9.47. The molecule has 1 unspecified atom stereocenters. The van der Waals surface area contributed by atoms with Crippen LogP contribution >= 0.6 is 9.39 Å². The predicted octanol–water partition coefficient (Wildman–Crippen LogP) is 7.08. The Bertz CT molecular complexity index is 1650. The average Bonchev–Trinajstić information content (AvgIpc) is 3.35. The number of hydrogen-bond acceptors (Lipinski definition) is 5. The maximum absolute atomic E-state index is 11.8. The van der Waals surface area contributed by atoms with Crippen molar-refractivity contribution in [3.05, 3.63) is 120 Å². The first-order valence-corrected chi connectivity index (χ1v) is 13.4. The fourth-order valence-electron chi connectivity index (χ4n) is 4.68. The van der Waals surface area contributed by atoms with Gasteiger partial charge in [0.1, 0.15) is 6.33 Å². The molecular formula is C32H29N4O2P. The monoisotopic (exact) mass is 532 g/mol. The molecule has 3 aromatic carbocycles. The van der Waals surface area contributed by atoms with Crippen LogP contribution in [0.25, 0.3) is 39.3 Å². The third-order valence-corrected chi connectivity index (χ3v) is 6.98. The molecule has 0 bridgehead atoms. The van der Waals surface area contributed by atoms with Crippen molar-refractivity contribution >= 4 is 43.5 Å². The van der Waals surface area contributed by atoms with Crippen LogP contribution in [0.2, 0.25) is 0 Å². The Hall–Kier alpha value is -4.41. The molecule has 0 aliphatic rings. The summed E-state index contributed by atoms with van der Waals surface area (Å²) >= 11 is 0. The van der Waals surface area contributed by atoms with Gasteiger partial charge in [-0.15, -0.1) is 0 Å². The highest BCUT2D eigenvalue weighted by Gasteiger charge is 2.15. The van der Waals surface area contributed by atoms with Gasteiger partial charge >= 0.3 is 5.97 Å². The molecule has 0 fully saturated rings. The Morgan fingerprint density at radius 2 is 1.56 bits per heavy atom. The van der Waals surface area contributed by atoms with Crippen LogP contribution in [-0.4, -0.2) is 32.1 Å². The normalized spacial score (nSPS) is 12.1. The fraction of sp³-hybridized carbons (Fsp3) is 0.125. The van der Waals surface area contributed by atoms with Gasteiger partial charge in [-0.3, -0.25) is 4.45 Å². The molecule has 5 aromatic rings. The topological polar surface area (TPSA) is 69.9 Å². The molecule has 1 atom stereocenters. The van der Waals surface area contributed by atoms with Gasteiger partial charge in [0.05, 0.1) is 18.3 Å². The number of esters is 1. The van der Waals surface area contributed by atoms with Crippen LogP contribution in [-0.2, 0) is 9.53 Å². The molecule has 0 aliphatic carbocycles. The first kappa shape index (κ1) is 26.2. The van der Waals surface area contributed by atoms with E-state index in [1.165, 1.54) is 18.0 Å². The van der Waals surface area contributed by atoms with Crippen molar-refractivity contribution in [1.82, 2.24) is 19.5 Å². The van der Waals surface area contributed by atoms with Crippen LogP contribution in [0.3, 0.4) is 0 Å². The first-order valence-electron chi connectivity index (χ1n) is 12.8. The lowest BCUT2D eigenvalue weighted by Crippen LogP contribution is -1.98. The minimum Gasteiger partial charge on any atom is -0.463 e. The van der Waals surface area contributed by atoms with E-state index in [4.69, 9.17) is 4.74 Å². The van der Waals surface area contributed by atoms with E-state index >= 15 is 0 Å². The van der Waals surface area contributed by atoms with Gasteiger partial charge in [0, 0.05) is 29.4 Å². The van der Waals surface area contributed by atoms with Crippen LogP contribution < -0.4 is 0 Å². The minimum atomic E-state index is -0.344. The molecule has 5 rings (SSSR count). The van der Waals surface area contributed by atoms with Gasteiger partial charge < -0.3 is 4.74 Å². The smallest absolute Gasteiger partial charge is 0.330 e. The zero-order chi connectivity index (χ0) is 27.2. The summed E-state index contributed by atoms with van der Waals surface area (Å²) in [6.45, 7) is 4.34. The average molecular weight is 533 g/mol. The van der Waals surface area contributed by atoms with E-state index in [1.54, 1.807) is 17.5 Å². The molecule has 0 spiro atoms. The quantitative estimate of drug-likeness (QED) is 0.0925. The molecule has 0 saturated heterocycles. The second-order valence-electron chi connectivity index (χ2n) is 8.98. The number of fused-ring (bicyclic) bond motifs is 1. The SMILES string of the molecule is CCOC(=O)/C=C/c1ccc(/C(=C(/CC)c2ccc(-c3cncnc3)cc2)c2ccc3c(cnn3P)c2)cc1. The summed E-state index contributed by atoms with van der Waals surface area (Å²) in [4.78, 5) is 20.1. The van der Waals surface area contributed by atoms with Gasteiger partial charge in [0.15, 0.2) is 0 Å². The van der Waals surface area contributed by atoms with E-state index < -0.39 is 0 Å². The van der Waals surface area contributed by atoms with Crippen molar-refractivity contribution in [2.45, 2.75) is 20.3 Å². The molecule has 0 radical (unpaired) electrons. The molecular weight excluding hydrogens is 503 g/mol. The predicted molar refractivity (Wildman–Crippen MR) is 161 cm³/mol. The Morgan fingerprint density at radius 1 is 0.872 bits per heavy atom. The number of carbonyl (C=O) groups excluding carboxylic acids is 1. The number of benzene rings is 3. The van der Waals surface area contributed by atoms with Gasteiger partial charge in [0.2, 0.25) is 0 Å². The van der Waals surface area contributed by atoms with Gasteiger partial charge in [-0.2, -0.15) is 5.10 Å². The lowest BCUT2D eigenvalue weighted by atomic mass is 9.87. The molecule has 6 nitrogen and oxygen atoms in total. The molecule has 2 aromatic heterocycles. The van der Waals surface area contributed by atoms with Gasteiger partial charge in [0.25, 0.3) is 0 Å². The van der Waals surface area contributed by atoms with Crippen LogP contribution in [0.1, 0.15) is 42.5 Å². The van der Waals surface area contributed by atoms with Crippen molar-refractivity contribution in [3.63, 3.8) is 0 Å². The molecule has 0 saturated carbocycles. The van der Waals surface area contributed by atoms with Crippen molar-refractivity contribution in [2.24, 2.45) is 0 Å². The third-order valence-electron chi connectivity index (χ3n) is 6.56. The van der Waals surface area contributed by atoms with Crippen molar-refractivity contribution in [1.29, 1.82) is 0 Å². The summed E-state index contributed by atoms with van der Waals surface area (Å²) in [7, 11) is 2.63. The molecule has 194 valence electrons. The number of aromatic nitrogens is 4. The Labute approximate surface area is 230 Å². The number of allylic oxidation sites excluding steroid dienone is 1. The highest BCUT2D eigenvalue weighted by atomic mass is 31.0. The van der Waals surface area contributed by atoms with E-state index in [9.17, 15) is 4.79 Å². The largest absolute Gasteiger partial charge is 0.463 e. The highest BCUT2D eigenvalue weighted by Crippen LogP contribution is 2.36. The molecule has 39 heavy (non-hydrogen) atoms. The van der Waals surface area contributed by atoms with Crippen molar-refractivity contribution in [3.8, 4) is 11.1 Å². The van der Waals surface area contributed by atoms with Crippen LogP contribution in [0.15, 0.2) is 97.7 Å². The number of rotatable bonds is 8.